The molecular formula is C15H17N3O3. The van der Waals surface area contributed by atoms with Crippen LogP contribution in [0.5, 0.6) is 0 Å². The molecule has 3 rings (SSSR count). The third kappa shape index (κ3) is 2.79. The van der Waals surface area contributed by atoms with E-state index in [0.717, 1.165) is 12.8 Å². The fourth-order valence-corrected chi connectivity index (χ4v) is 2.98. The standard InChI is InChI=1S/C15H17N3O3/c19-14-12-3-1-2-4-13(12)16-17-18(14)9-10-5-7-11(8-6-10)15(20)21/h1-4,10-11H,5-9H2,(H,20,21). The van der Waals surface area contributed by atoms with Crippen LogP contribution in [0.3, 0.4) is 0 Å². The van der Waals surface area contributed by atoms with E-state index in [-0.39, 0.29) is 11.5 Å². The Morgan fingerprint density at radius 1 is 1.24 bits per heavy atom. The molecule has 1 saturated carbocycles. The summed E-state index contributed by atoms with van der Waals surface area (Å²) in [5, 5.41) is 17.6. The second-order valence-electron chi connectivity index (χ2n) is 5.65. The highest BCUT2D eigenvalue weighted by Gasteiger charge is 2.26. The summed E-state index contributed by atoms with van der Waals surface area (Å²) in [4.78, 5) is 23.3. The molecule has 1 heterocycles. The number of hydrogen-bond acceptors (Lipinski definition) is 4. The average molecular weight is 287 g/mol. The summed E-state index contributed by atoms with van der Waals surface area (Å²) in [6.07, 6.45) is 2.99. The number of rotatable bonds is 3. The van der Waals surface area contributed by atoms with Crippen molar-refractivity contribution < 1.29 is 9.90 Å². The Kier molecular flexibility index (Phi) is 3.68. The van der Waals surface area contributed by atoms with Crippen molar-refractivity contribution in [1.82, 2.24) is 15.0 Å². The topological polar surface area (TPSA) is 85.1 Å². The average Bonchev–Trinajstić information content (AvgIpc) is 2.51. The van der Waals surface area contributed by atoms with E-state index in [1.54, 1.807) is 12.1 Å². The first-order valence-corrected chi connectivity index (χ1v) is 7.20. The van der Waals surface area contributed by atoms with Gasteiger partial charge in [-0.3, -0.25) is 9.59 Å². The molecule has 21 heavy (non-hydrogen) atoms. The number of carboxylic acid groups (broad SMARTS) is 1. The quantitative estimate of drug-likeness (QED) is 0.928. The Balaban J connectivity index is 1.76. The van der Waals surface area contributed by atoms with Gasteiger partial charge in [-0.25, -0.2) is 4.68 Å². The highest BCUT2D eigenvalue weighted by Crippen LogP contribution is 2.29. The fraction of sp³-hybridized carbons (Fsp3) is 0.467. The lowest BCUT2D eigenvalue weighted by Crippen LogP contribution is -2.30. The zero-order valence-electron chi connectivity index (χ0n) is 11.6. The minimum atomic E-state index is -0.712. The van der Waals surface area contributed by atoms with Gasteiger partial charge in [0.25, 0.3) is 5.56 Å². The fourth-order valence-electron chi connectivity index (χ4n) is 2.98. The molecule has 2 aromatic rings. The molecule has 1 aliphatic rings. The first-order valence-electron chi connectivity index (χ1n) is 7.20. The molecule has 0 bridgehead atoms. The summed E-state index contributed by atoms with van der Waals surface area (Å²) in [6, 6.07) is 7.16. The molecular weight excluding hydrogens is 270 g/mol. The SMILES string of the molecule is O=C(O)C1CCC(Cn2nnc3ccccc3c2=O)CC1. The third-order valence-electron chi connectivity index (χ3n) is 4.26. The second kappa shape index (κ2) is 5.63. The molecule has 0 unspecified atom stereocenters. The first-order chi connectivity index (χ1) is 10.1. The van der Waals surface area contributed by atoms with Crippen molar-refractivity contribution in [3.05, 3.63) is 34.6 Å². The van der Waals surface area contributed by atoms with E-state index in [9.17, 15) is 9.59 Å². The molecule has 6 nitrogen and oxygen atoms in total. The van der Waals surface area contributed by atoms with Gasteiger partial charge < -0.3 is 5.11 Å². The second-order valence-corrected chi connectivity index (χ2v) is 5.65. The predicted octanol–water partition coefficient (Wildman–Crippen LogP) is 1.68. The summed E-state index contributed by atoms with van der Waals surface area (Å²) in [5.74, 6) is -0.648. The Hall–Kier alpha value is -2.24. The van der Waals surface area contributed by atoms with Crippen LogP contribution in [-0.2, 0) is 11.3 Å². The van der Waals surface area contributed by atoms with Crippen LogP contribution in [0.4, 0.5) is 0 Å². The van der Waals surface area contributed by atoms with Gasteiger partial charge >= 0.3 is 5.97 Å². The number of hydrogen-bond donors (Lipinski definition) is 1. The Labute approximate surface area is 121 Å². The molecule has 1 fully saturated rings. The van der Waals surface area contributed by atoms with E-state index >= 15 is 0 Å². The summed E-state index contributed by atoms with van der Waals surface area (Å²) in [6.45, 7) is 0.517. The summed E-state index contributed by atoms with van der Waals surface area (Å²) < 4.78 is 1.41. The van der Waals surface area contributed by atoms with E-state index in [0.29, 0.717) is 36.2 Å². The minimum Gasteiger partial charge on any atom is -0.481 e. The molecule has 1 aromatic carbocycles. The largest absolute Gasteiger partial charge is 0.481 e. The van der Waals surface area contributed by atoms with E-state index in [1.807, 2.05) is 12.1 Å². The number of benzene rings is 1. The molecule has 1 aliphatic carbocycles. The van der Waals surface area contributed by atoms with Crippen LogP contribution in [0.15, 0.2) is 29.1 Å². The van der Waals surface area contributed by atoms with E-state index in [2.05, 4.69) is 10.3 Å². The maximum atomic E-state index is 12.3. The number of nitrogens with zero attached hydrogens (tertiary/aromatic N) is 3. The highest BCUT2D eigenvalue weighted by atomic mass is 16.4. The van der Waals surface area contributed by atoms with Crippen molar-refractivity contribution in [3.63, 3.8) is 0 Å². The predicted molar refractivity (Wildman–Crippen MR) is 76.9 cm³/mol. The Bertz CT molecular complexity index is 717. The third-order valence-corrected chi connectivity index (χ3v) is 4.26. The zero-order valence-corrected chi connectivity index (χ0v) is 11.6. The van der Waals surface area contributed by atoms with Crippen molar-refractivity contribution in [2.75, 3.05) is 0 Å². The van der Waals surface area contributed by atoms with Crippen LogP contribution in [-0.4, -0.2) is 26.1 Å². The monoisotopic (exact) mass is 287 g/mol. The number of fused-ring (bicyclic) bond motifs is 1. The van der Waals surface area contributed by atoms with Gasteiger partial charge in [0.05, 0.1) is 11.3 Å². The number of aliphatic carboxylic acids is 1. The molecule has 0 amide bonds. The number of carboxylic acids is 1. The van der Waals surface area contributed by atoms with Gasteiger partial charge in [-0.05, 0) is 43.7 Å². The first kappa shape index (κ1) is 13.7. The molecule has 1 aromatic heterocycles. The van der Waals surface area contributed by atoms with Gasteiger partial charge in [-0.1, -0.05) is 17.3 Å². The molecule has 0 radical (unpaired) electrons. The van der Waals surface area contributed by atoms with Crippen molar-refractivity contribution >= 4 is 16.9 Å². The van der Waals surface area contributed by atoms with Gasteiger partial charge in [0.1, 0.15) is 5.52 Å². The van der Waals surface area contributed by atoms with E-state index in [1.165, 1.54) is 4.68 Å². The molecule has 110 valence electrons. The molecule has 0 atom stereocenters. The van der Waals surface area contributed by atoms with Gasteiger partial charge in [0, 0.05) is 6.54 Å². The maximum Gasteiger partial charge on any atom is 0.306 e. The minimum absolute atomic E-state index is 0.124. The normalized spacial score (nSPS) is 22.3. The van der Waals surface area contributed by atoms with Crippen molar-refractivity contribution in [3.8, 4) is 0 Å². The van der Waals surface area contributed by atoms with Gasteiger partial charge in [-0.15, -0.1) is 5.10 Å². The van der Waals surface area contributed by atoms with E-state index in [4.69, 9.17) is 5.11 Å². The van der Waals surface area contributed by atoms with Gasteiger partial charge in [-0.2, -0.15) is 0 Å². The van der Waals surface area contributed by atoms with Crippen LogP contribution in [0, 0.1) is 11.8 Å². The zero-order chi connectivity index (χ0) is 14.8. The summed E-state index contributed by atoms with van der Waals surface area (Å²) >= 11 is 0. The molecule has 0 spiro atoms. The molecule has 0 saturated heterocycles. The lowest BCUT2D eigenvalue weighted by Gasteiger charge is -2.25. The lowest BCUT2D eigenvalue weighted by molar-refractivity contribution is -0.143. The van der Waals surface area contributed by atoms with Crippen LogP contribution in [0.1, 0.15) is 25.7 Å². The van der Waals surface area contributed by atoms with Crippen molar-refractivity contribution in [2.45, 2.75) is 32.2 Å². The Morgan fingerprint density at radius 3 is 2.67 bits per heavy atom. The van der Waals surface area contributed by atoms with Crippen molar-refractivity contribution in [1.29, 1.82) is 0 Å². The smallest absolute Gasteiger partial charge is 0.306 e. The van der Waals surface area contributed by atoms with Crippen LogP contribution in [0.2, 0.25) is 0 Å². The number of aromatic nitrogens is 3. The molecule has 1 N–H and O–H groups in total. The summed E-state index contributed by atoms with van der Waals surface area (Å²) in [5.41, 5.74) is 0.481. The van der Waals surface area contributed by atoms with Gasteiger partial charge in [0.15, 0.2) is 0 Å². The molecule has 0 aliphatic heterocycles. The highest BCUT2D eigenvalue weighted by molar-refractivity contribution is 5.76. The summed E-state index contributed by atoms with van der Waals surface area (Å²) in [7, 11) is 0. The van der Waals surface area contributed by atoms with Crippen LogP contribution in [0.25, 0.3) is 10.9 Å². The van der Waals surface area contributed by atoms with E-state index < -0.39 is 5.97 Å². The van der Waals surface area contributed by atoms with Crippen molar-refractivity contribution in [2.24, 2.45) is 11.8 Å². The Morgan fingerprint density at radius 2 is 1.95 bits per heavy atom. The molecule has 6 heteroatoms. The maximum absolute atomic E-state index is 12.3. The number of carbonyl (C=O) groups is 1. The van der Waals surface area contributed by atoms with Crippen LogP contribution < -0.4 is 5.56 Å². The van der Waals surface area contributed by atoms with Crippen LogP contribution >= 0.6 is 0 Å². The lowest BCUT2D eigenvalue weighted by atomic mass is 9.82. The van der Waals surface area contributed by atoms with Gasteiger partial charge in [0.2, 0.25) is 0 Å².